The van der Waals surface area contributed by atoms with Crippen molar-refractivity contribution in [2.45, 2.75) is 51.9 Å². The fourth-order valence-corrected chi connectivity index (χ4v) is 10.6. The molecule has 5 aliphatic rings. The van der Waals surface area contributed by atoms with Crippen LogP contribution in [-0.2, 0) is 52.2 Å². The van der Waals surface area contributed by atoms with E-state index in [0.717, 1.165) is 81.3 Å². The molecular weight excluding hydrogens is 1010 g/mol. The minimum atomic E-state index is -0.0287. The Morgan fingerprint density at radius 2 is 1.21 bits per heavy atom. The molecule has 6 heteroatoms. The van der Waals surface area contributed by atoms with E-state index in [4.69, 9.17) is 9.72 Å². The summed E-state index contributed by atoms with van der Waals surface area (Å²) in [5.74, 6) is 2.04. The number of benzene rings is 8. The third kappa shape index (κ3) is 6.94. The van der Waals surface area contributed by atoms with Gasteiger partial charge in [0.1, 0.15) is 5.82 Å². The van der Waals surface area contributed by atoms with Gasteiger partial charge in [-0.05, 0) is 128 Å². The van der Waals surface area contributed by atoms with Crippen LogP contribution < -0.4 is 9.30 Å². The van der Waals surface area contributed by atoms with Gasteiger partial charge in [-0.15, -0.1) is 29.7 Å². The number of hydrogen-bond acceptors (Lipinski definition) is 2. The van der Waals surface area contributed by atoms with Crippen molar-refractivity contribution in [3.05, 3.63) is 222 Å². The molecule has 8 aromatic carbocycles. The van der Waals surface area contributed by atoms with E-state index in [1.807, 2.05) is 24.4 Å². The summed E-state index contributed by atoms with van der Waals surface area (Å²) in [5.41, 5.74) is 20.2. The molecule has 1 aliphatic heterocycles. The first kappa shape index (κ1) is 42.1. The first-order chi connectivity index (χ1) is 32.8. The molecule has 4 aliphatic carbocycles. The van der Waals surface area contributed by atoms with Crippen molar-refractivity contribution >= 4 is 32.8 Å². The Kier molecular flexibility index (Phi) is 10.2. The maximum atomic E-state index is 6.73. The van der Waals surface area contributed by atoms with Crippen LogP contribution in [0.2, 0.25) is 0 Å². The fourth-order valence-electron chi connectivity index (χ4n) is 10.6. The monoisotopic (exact) mass is 1060 g/mol. The van der Waals surface area contributed by atoms with Crippen LogP contribution in [0.3, 0.4) is 0 Å². The zero-order valence-electron chi connectivity index (χ0n) is 38.1. The number of rotatable bonds is 4. The number of nitrogens with zero attached hydrogens (tertiary/aromatic N) is 4. The molecule has 332 valence electrons. The summed E-state index contributed by atoms with van der Waals surface area (Å²) in [7, 11) is 0. The SMILES string of the molecule is CC(C)(C)c1ccnc(-n2c3[c-]c(Oc4[c-]c(-n5[c-][n+]6c7c(cccc75)-c5c7ccc(c5-c5ccccc5-c5ccccc5-6)CCc5ccc(cc5)CC7)ccc4)ccc3c3ccccc32)c1.[Pt]. The van der Waals surface area contributed by atoms with Gasteiger partial charge in [0.2, 0.25) is 0 Å². The van der Waals surface area contributed by atoms with E-state index in [-0.39, 0.29) is 26.5 Å². The minimum absolute atomic E-state index is 0. The molecule has 0 amide bonds. The van der Waals surface area contributed by atoms with Crippen LogP contribution in [0.5, 0.6) is 11.5 Å². The van der Waals surface area contributed by atoms with E-state index in [1.165, 1.54) is 55.6 Å². The Labute approximate surface area is 411 Å². The summed E-state index contributed by atoms with van der Waals surface area (Å²) in [6.07, 6.45) is 9.59. The molecule has 5 nitrogen and oxygen atoms in total. The smallest absolute Gasteiger partial charge is 0.268 e. The second kappa shape index (κ2) is 16.5. The van der Waals surface area contributed by atoms with Gasteiger partial charge in [0.05, 0.1) is 16.7 Å². The van der Waals surface area contributed by atoms with Crippen molar-refractivity contribution in [1.29, 1.82) is 0 Å². The minimum Gasteiger partial charge on any atom is -0.510 e. The Balaban J connectivity index is 0.00000480. The van der Waals surface area contributed by atoms with Gasteiger partial charge in [0.25, 0.3) is 6.33 Å². The largest absolute Gasteiger partial charge is 0.510 e. The number of pyridine rings is 1. The zero-order chi connectivity index (χ0) is 44.8. The molecule has 0 saturated heterocycles. The van der Waals surface area contributed by atoms with E-state index >= 15 is 0 Å². The molecule has 16 rings (SSSR count). The predicted octanol–water partition coefficient (Wildman–Crippen LogP) is 14.1. The molecule has 4 bridgehead atoms. The van der Waals surface area contributed by atoms with Gasteiger partial charge >= 0.3 is 0 Å². The molecule has 0 unspecified atom stereocenters. The van der Waals surface area contributed by atoms with Crippen molar-refractivity contribution < 1.29 is 30.4 Å². The van der Waals surface area contributed by atoms with E-state index in [1.54, 1.807) is 0 Å². The molecule has 0 saturated carbocycles. The standard InChI is InChI=1S/C62H46N4O.Pt/c1-62(2,3)44-34-35-63-58(36-44)66-55-20-9-7-16-50(55)51-33-32-47(38-57(51)66)67-46-13-10-12-45(37-46)64-39-65-54-19-8-6-15-49(54)48-14-4-5-17-52(48)59-42-28-26-40-22-24-41(25-23-40)27-29-43(31-30-42)60(59)53-18-11-21-56(64)61(53)65;/h4-25,30-36H,26-29H2,1-3H3;/q-2;. The summed E-state index contributed by atoms with van der Waals surface area (Å²) < 4.78 is 13.4. The summed E-state index contributed by atoms with van der Waals surface area (Å²) in [6.45, 7) is 6.70. The van der Waals surface area contributed by atoms with Crippen molar-refractivity contribution in [3.8, 4) is 62.1 Å². The fraction of sp³-hybridized carbons (Fsp3) is 0.129. The molecule has 0 spiro atoms. The number of imidazole rings is 1. The average Bonchev–Trinajstić information content (AvgIpc) is 3.91. The number of ether oxygens (including phenoxy) is 1. The van der Waals surface area contributed by atoms with Gasteiger partial charge in [-0.2, -0.15) is 18.2 Å². The maximum Gasteiger partial charge on any atom is 0.268 e. The molecule has 0 atom stereocenters. The normalized spacial score (nSPS) is 12.9. The molecular formula is C62H46N4OPt-2. The third-order valence-electron chi connectivity index (χ3n) is 14.0. The van der Waals surface area contributed by atoms with Gasteiger partial charge in [-0.1, -0.05) is 142 Å². The maximum absolute atomic E-state index is 6.73. The van der Waals surface area contributed by atoms with E-state index in [9.17, 15) is 0 Å². The number of para-hydroxylation sites is 3. The molecule has 4 heterocycles. The van der Waals surface area contributed by atoms with Gasteiger partial charge in [-0.25, -0.2) is 4.98 Å². The number of aryl methyl sites for hydroxylation is 4. The van der Waals surface area contributed by atoms with Crippen LogP contribution in [0.25, 0.3) is 83.4 Å². The van der Waals surface area contributed by atoms with E-state index in [0.29, 0.717) is 11.5 Å². The summed E-state index contributed by atoms with van der Waals surface area (Å²) >= 11 is 0. The summed E-state index contributed by atoms with van der Waals surface area (Å²) in [6, 6.07) is 69.0. The predicted molar refractivity (Wildman–Crippen MR) is 270 cm³/mol. The van der Waals surface area contributed by atoms with Gasteiger partial charge in [0, 0.05) is 44.3 Å². The molecule has 68 heavy (non-hydrogen) atoms. The second-order valence-corrected chi connectivity index (χ2v) is 19.0. The van der Waals surface area contributed by atoms with Crippen molar-refractivity contribution in [1.82, 2.24) is 14.1 Å². The Hall–Kier alpha value is -7.33. The molecule has 3 aromatic heterocycles. The first-order valence-corrected chi connectivity index (χ1v) is 23.4. The third-order valence-corrected chi connectivity index (χ3v) is 14.0. The second-order valence-electron chi connectivity index (χ2n) is 19.0. The Morgan fingerprint density at radius 1 is 0.559 bits per heavy atom. The van der Waals surface area contributed by atoms with Gasteiger partial charge < -0.3 is 13.9 Å². The average molecular weight is 1060 g/mol. The van der Waals surface area contributed by atoms with Crippen LogP contribution in [-0.4, -0.2) is 14.1 Å². The molecule has 0 radical (unpaired) electrons. The van der Waals surface area contributed by atoms with Crippen molar-refractivity contribution in [2.24, 2.45) is 0 Å². The topological polar surface area (TPSA) is 35.9 Å². The van der Waals surface area contributed by atoms with Crippen LogP contribution in [0.1, 0.15) is 48.6 Å². The first-order valence-electron chi connectivity index (χ1n) is 23.4. The van der Waals surface area contributed by atoms with E-state index in [2.05, 4.69) is 205 Å². The molecule has 11 aromatic rings. The van der Waals surface area contributed by atoms with Crippen LogP contribution in [0, 0.1) is 18.5 Å². The number of hydrogen-bond donors (Lipinski definition) is 0. The molecule has 0 fully saturated rings. The van der Waals surface area contributed by atoms with Crippen LogP contribution in [0.15, 0.2) is 176 Å². The van der Waals surface area contributed by atoms with Crippen molar-refractivity contribution in [3.63, 3.8) is 0 Å². The van der Waals surface area contributed by atoms with Crippen LogP contribution in [0.4, 0.5) is 0 Å². The van der Waals surface area contributed by atoms with Gasteiger partial charge in [0.15, 0.2) is 0 Å². The van der Waals surface area contributed by atoms with E-state index < -0.39 is 0 Å². The Morgan fingerprint density at radius 3 is 1.99 bits per heavy atom. The summed E-state index contributed by atoms with van der Waals surface area (Å²) in [4.78, 5) is 4.88. The zero-order valence-corrected chi connectivity index (χ0v) is 40.4. The number of fused-ring (bicyclic) bond motifs is 7. The van der Waals surface area contributed by atoms with Crippen LogP contribution >= 0.6 is 0 Å². The quantitative estimate of drug-likeness (QED) is 0.130. The van der Waals surface area contributed by atoms with Crippen molar-refractivity contribution in [2.75, 3.05) is 0 Å². The van der Waals surface area contributed by atoms with Gasteiger partial charge in [-0.3, -0.25) is 4.57 Å². The molecule has 0 N–H and O–H groups in total. The number of aromatic nitrogens is 4. The summed E-state index contributed by atoms with van der Waals surface area (Å²) in [5, 5.41) is 2.23. The Bertz CT molecular complexity index is 3780.